The average Bonchev–Trinajstić information content (AvgIpc) is 2.75. The maximum atomic E-state index is 13.7. The van der Waals surface area contributed by atoms with Crippen LogP contribution in [0.4, 0.5) is 4.79 Å². The molecule has 0 saturated heterocycles. The SMILES string of the molecule is CCCCN(C(=O)CNC(=O)OC(C)(C)C)C(C(=O)NC1CCCCC1)c1c(C)cccc1C. The van der Waals surface area contributed by atoms with E-state index in [1.165, 1.54) is 6.42 Å². The van der Waals surface area contributed by atoms with Gasteiger partial charge in [-0.25, -0.2) is 4.79 Å². The molecule has 1 atom stereocenters. The van der Waals surface area contributed by atoms with Crippen LogP contribution in [0.15, 0.2) is 18.2 Å². The first-order valence-corrected chi connectivity index (χ1v) is 12.7. The molecule has 0 aliphatic heterocycles. The predicted molar refractivity (Wildman–Crippen MR) is 135 cm³/mol. The first-order chi connectivity index (χ1) is 16.0. The monoisotopic (exact) mass is 473 g/mol. The van der Waals surface area contributed by atoms with E-state index in [9.17, 15) is 14.4 Å². The Bertz CT molecular complexity index is 821. The Morgan fingerprint density at radius 2 is 1.71 bits per heavy atom. The third kappa shape index (κ3) is 8.33. The molecular weight excluding hydrogens is 430 g/mol. The lowest BCUT2D eigenvalue weighted by atomic mass is 9.92. The molecule has 1 fully saturated rings. The number of carbonyl (C=O) groups excluding carboxylic acids is 3. The van der Waals surface area contributed by atoms with Crippen molar-refractivity contribution < 1.29 is 19.1 Å². The molecule has 1 aliphatic carbocycles. The molecular formula is C27H43N3O4. The van der Waals surface area contributed by atoms with Crippen molar-refractivity contribution in [1.82, 2.24) is 15.5 Å². The van der Waals surface area contributed by atoms with Crippen LogP contribution in [0.1, 0.15) is 95.4 Å². The van der Waals surface area contributed by atoms with E-state index in [-0.39, 0.29) is 24.4 Å². The number of ether oxygens (including phenoxy) is 1. The summed E-state index contributed by atoms with van der Waals surface area (Å²) in [6.45, 7) is 11.5. The average molecular weight is 474 g/mol. The summed E-state index contributed by atoms with van der Waals surface area (Å²) in [5.41, 5.74) is 2.14. The van der Waals surface area contributed by atoms with Gasteiger partial charge in [0.15, 0.2) is 0 Å². The number of hydrogen-bond donors (Lipinski definition) is 2. The van der Waals surface area contributed by atoms with Crippen molar-refractivity contribution in [3.05, 3.63) is 34.9 Å². The fourth-order valence-corrected chi connectivity index (χ4v) is 4.50. The standard InChI is InChI=1S/C27H43N3O4/c1-7-8-17-30(22(31)18-28-26(33)34-27(4,5)6)24(23-19(2)13-12-14-20(23)3)25(32)29-21-15-10-9-11-16-21/h12-14,21,24H,7-11,15-18H2,1-6H3,(H,28,33)(H,29,32). The van der Waals surface area contributed by atoms with E-state index in [0.717, 1.165) is 55.2 Å². The number of carbonyl (C=O) groups is 3. The highest BCUT2D eigenvalue weighted by molar-refractivity contribution is 5.91. The van der Waals surface area contributed by atoms with Crippen LogP contribution in [0, 0.1) is 13.8 Å². The molecule has 190 valence electrons. The predicted octanol–water partition coefficient (Wildman–Crippen LogP) is 4.95. The number of unbranched alkanes of at least 4 members (excludes halogenated alkanes) is 1. The van der Waals surface area contributed by atoms with Crippen molar-refractivity contribution in [1.29, 1.82) is 0 Å². The van der Waals surface area contributed by atoms with Crippen LogP contribution < -0.4 is 10.6 Å². The minimum Gasteiger partial charge on any atom is -0.444 e. The normalized spacial score (nSPS) is 15.4. The van der Waals surface area contributed by atoms with E-state index < -0.39 is 17.7 Å². The number of hydrogen-bond acceptors (Lipinski definition) is 4. The van der Waals surface area contributed by atoms with Gasteiger partial charge in [-0.1, -0.05) is 50.8 Å². The molecule has 3 amide bonds. The Kier molecular flexibility index (Phi) is 10.4. The topological polar surface area (TPSA) is 87.7 Å². The molecule has 1 aromatic rings. The van der Waals surface area contributed by atoms with E-state index >= 15 is 0 Å². The third-order valence-corrected chi connectivity index (χ3v) is 6.18. The Labute approximate surface area is 205 Å². The second-order valence-corrected chi connectivity index (χ2v) is 10.3. The van der Waals surface area contributed by atoms with Gasteiger partial charge >= 0.3 is 6.09 Å². The molecule has 34 heavy (non-hydrogen) atoms. The van der Waals surface area contributed by atoms with Gasteiger partial charge in [0.05, 0.1) is 0 Å². The maximum Gasteiger partial charge on any atom is 0.408 e. The third-order valence-electron chi connectivity index (χ3n) is 6.18. The lowest BCUT2D eigenvalue weighted by Crippen LogP contribution is -2.50. The van der Waals surface area contributed by atoms with Gasteiger partial charge in [0.25, 0.3) is 0 Å². The molecule has 2 N–H and O–H groups in total. The summed E-state index contributed by atoms with van der Waals surface area (Å²) >= 11 is 0. The molecule has 1 saturated carbocycles. The molecule has 2 rings (SSSR count). The van der Waals surface area contributed by atoms with Gasteiger partial charge < -0.3 is 20.3 Å². The van der Waals surface area contributed by atoms with E-state index in [1.54, 1.807) is 25.7 Å². The number of rotatable bonds is 9. The minimum atomic E-state index is -0.748. The van der Waals surface area contributed by atoms with Crippen molar-refractivity contribution in [2.45, 2.75) is 104 Å². The molecule has 0 radical (unpaired) electrons. The number of nitrogens with one attached hydrogen (secondary N) is 2. The lowest BCUT2D eigenvalue weighted by Gasteiger charge is -2.35. The molecule has 0 aromatic heterocycles. The van der Waals surface area contributed by atoms with Crippen LogP contribution in [0.3, 0.4) is 0 Å². The second-order valence-electron chi connectivity index (χ2n) is 10.3. The summed E-state index contributed by atoms with van der Waals surface area (Å²) < 4.78 is 5.28. The van der Waals surface area contributed by atoms with Crippen LogP contribution in [0.25, 0.3) is 0 Å². The molecule has 0 heterocycles. The Morgan fingerprint density at radius 1 is 1.09 bits per heavy atom. The van der Waals surface area contributed by atoms with Crippen LogP contribution >= 0.6 is 0 Å². The number of aryl methyl sites for hydroxylation is 2. The highest BCUT2D eigenvalue weighted by Crippen LogP contribution is 2.29. The lowest BCUT2D eigenvalue weighted by molar-refractivity contribution is -0.140. The summed E-state index contributed by atoms with van der Waals surface area (Å²) in [6.07, 6.45) is 6.34. The van der Waals surface area contributed by atoms with E-state index in [2.05, 4.69) is 17.6 Å². The summed E-state index contributed by atoms with van der Waals surface area (Å²) in [7, 11) is 0. The van der Waals surface area contributed by atoms with Crippen LogP contribution in [0.2, 0.25) is 0 Å². The second kappa shape index (κ2) is 12.8. The van der Waals surface area contributed by atoms with Crippen LogP contribution in [-0.2, 0) is 14.3 Å². The highest BCUT2D eigenvalue weighted by Gasteiger charge is 2.34. The zero-order chi connectivity index (χ0) is 25.3. The van der Waals surface area contributed by atoms with Gasteiger partial charge in [0.2, 0.25) is 11.8 Å². The van der Waals surface area contributed by atoms with Crippen molar-refractivity contribution in [3.8, 4) is 0 Å². The van der Waals surface area contributed by atoms with Crippen LogP contribution in [-0.4, -0.2) is 47.5 Å². The summed E-state index contributed by atoms with van der Waals surface area (Å²) in [6, 6.07) is 5.31. The fourth-order valence-electron chi connectivity index (χ4n) is 4.50. The van der Waals surface area contributed by atoms with E-state index in [4.69, 9.17) is 4.74 Å². The van der Waals surface area contributed by atoms with Crippen molar-refractivity contribution in [3.63, 3.8) is 0 Å². The Morgan fingerprint density at radius 3 is 2.26 bits per heavy atom. The summed E-state index contributed by atoms with van der Waals surface area (Å²) in [4.78, 5) is 41.0. The van der Waals surface area contributed by atoms with Gasteiger partial charge in [0.1, 0.15) is 18.2 Å². The quantitative estimate of drug-likeness (QED) is 0.531. The first kappa shape index (κ1) is 27.7. The number of amides is 3. The van der Waals surface area contributed by atoms with Gasteiger partial charge in [-0.05, 0) is 70.6 Å². The molecule has 1 aromatic carbocycles. The van der Waals surface area contributed by atoms with Gasteiger partial charge in [-0.2, -0.15) is 0 Å². The molecule has 0 spiro atoms. The van der Waals surface area contributed by atoms with Gasteiger partial charge in [0, 0.05) is 12.6 Å². The number of nitrogens with zero attached hydrogens (tertiary/aromatic N) is 1. The van der Waals surface area contributed by atoms with Crippen molar-refractivity contribution >= 4 is 17.9 Å². The Balaban J connectivity index is 2.33. The molecule has 1 aliphatic rings. The van der Waals surface area contributed by atoms with E-state index in [0.29, 0.717) is 6.54 Å². The largest absolute Gasteiger partial charge is 0.444 e. The van der Waals surface area contributed by atoms with E-state index in [1.807, 2.05) is 32.0 Å². The smallest absolute Gasteiger partial charge is 0.408 e. The van der Waals surface area contributed by atoms with Gasteiger partial charge in [-0.3, -0.25) is 9.59 Å². The molecule has 1 unspecified atom stereocenters. The zero-order valence-electron chi connectivity index (χ0n) is 21.8. The highest BCUT2D eigenvalue weighted by atomic mass is 16.6. The number of benzene rings is 1. The summed E-state index contributed by atoms with van der Waals surface area (Å²) in [5.74, 6) is -0.447. The molecule has 7 heteroatoms. The maximum absolute atomic E-state index is 13.7. The molecule has 7 nitrogen and oxygen atoms in total. The van der Waals surface area contributed by atoms with Crippen molar-refractivity contribution in [2.75, 3.05) is 13.1 Å². The summed E-state index contributed by atoms with van der Waals surface area (Å²) in [5, 5.41) is 5.80. The Hall–Kier alpha value is -2.57. The first-order valence-electron chi connectivity index (χ1n) is 12.7. The zero-order valence-corrected chi connectivity index (χ0v) is 21.8. The fraction of sp³-hybridized carbons (Fsp3) is 0.667. The molecule has 0 bridgehead atoms. The minimum absolute atomic E-state index is 0.135. The number of alkyl carbamates (subject to hydrolysis) is 1. The van der Waals surface area contributed by atoms with Crippen molar-refractivity contribution in [2.24, 2.45) is 0 Å². The van der Waals surface area contributed by atoms with Crippen LogP contribution in [0.5, 0.6) is 0 Å². The van der Waals surface area contributed by atoms with Gasteiger partial charge in [-0.15, -0.1) is 0 Å².